The molecule has 0 aliphatic heterocycles. The van der Waals surface area contributed by atoms with Crippen molar-refractivity contribution in [3.63, 3.8) is 0 Å². The van der Waals surface area contributed by atoms with Crippen LogP contribution in [0.1, 0.15) is 22.8 Å². The molecule has 0 aliphatic carbocycles. The SMILES string of the molecule is CCOc1ncccc1CNC(=O)c1cccc(S(=O)(=O)Nc2ccc(Br)cc2)c1. The normalized spacial score (nSPS) is 11.0. The number of hydrogen-bond donors (Lipinski definition) is 2. The van der Waals surface area contributed by atoms with Gasteiger partial charge in [-0.2, -0.15) is 0 Å². The van der Waals surface area contributed by atoms with Crippen LogP contribution in [0.3, 0.4) is 0 Å². The second kappa shape index (κ2) is 9.73. The predicted octanol–water partition coefficient (Wildman–Crippen LogP) is 3.97. The summed E-state index contributed by atoms with van der Waals surface area (Å²) in [5.74, 6) is 0.0531. The van der Waals surface area contributed by atoms with E-state index in [4.69, 9.17) is 4.74 Å². The van der Waals surface area contributed by atoms with Gasteiger partial charge in [-0.3, -0.25) is 9.52 Å². The molecule has 0 bridgehead atoms. The fraction of sp³-hybridized carbons (Fsp3) is 0.143. The highest BCUT2D eigenvalue weighted by Gasteiger charge is 2.17. The van der Waals surface area contributed by atoms with Crippen LogP contribution in [0, 0.1) is 0 Å². The number of carbonyl (C=O) groups excluding carboxylic acids is 1. The number of halogens is 1. The van der Waals surface area contributed by atoms with Crippen molar-refractivity contribution in [3.8, 4) is 5.88 Å². The molecule has 0 radical (unpaired) electrons. The van der Waals surface area contributed by atoms with Crippen LogP contribution in [0.15, 0.2) is 76.2 Å². The lowest BCUT2D eigenvalue weighted by atomic mass is 10.2. The lowest BCUT2D eigenvalue weighted by molar-refractivity contribution is 0.0950. The molecular formula is C21H20BrN3O4S. The van der Waals surface area contributed by atoms with E-state index in [1.807, 2.05) is 6.92 Å². The summed E-state index contributed by atoms with van der Waals surface area (Å²) in [6, 6.07) is 16.2. The first-order valence-corrected chi connectivity index (χ1v) is 11.4. The molecule has 1 amide bonds. The van der Waals surface area contributed by atoms with Crippen molar-refractivity contribution in [2.24, 2.45) is 0 Å². The minimum atomic E-state index is -3.84. The number of ether oxygens (including phenoxy) is 1. The summed E-state index contributed by atoms with van der Waals surface area (Å²) in [4.78, 5) is 16.7. The molecular weight excluding hydrogens is 470 g/mol. The number of aromatic nitrogens is 1. The lowest BCUT2D eigenvalue weighted by Crippen LogP contribution is -2.24. The molecule has 0 saturated carbocycles. The Morgan fingerprint density at radius 1 is 1.10 bits per heavy atom. The topological polar surface area (TPSA) is 97.4 Å². The van der Waals surface area contributed by atoms with Gasteiger partial charge in [0.1, 0.15) is 0 Å². The molecule has 2 N–H and O–H groups in total. The maximum atomic E-state index is 12.7. The highest BCUT2D eigenvalue weighted by molar-refractivity contribution is 9.10. The van der Waals surface area contributed by atoms with Gasteiger partial charge in [0.05, 0.1) is 11.5 Å². The van der Waals surface area contributed by atoms with E-state index in [0.717, 1.165) is 10.0 Å². The van der Waals surface area contributed by atoms with Gasteiger partial charge >= 0.3 is 0 Å². The number of nitrogens with zero attached hydrogens (tertiary/aromatic N) is 1. The monoisotopic (exact) mass is 489 g/mol. The molecule has 3 rings (SSSR count). The van der Waals surface area contributed by atoms with E-state index in [2.05, 4.69) is 31.0 Å². The average Bonchev–Trinajstić information content (AvgIpc) is 2.75. The van der Waals surface area contributed by atoms with Crippen molar-refractivity contribution >= 4 is 37.5 Å². The lowest BCUT2D eigenvalue weighted by Gasteiger charge is -2.11. The summed E-state index contributed by atoms with van der Waals surface area (Å²) in [6.45, 7) is 2.52. The molecule has 0 aliphatic rings. The van der Waals surface area contributed by atoms with E-state index in [1.165, 1.54) is 18.2 Å². The first kappa shape index (κ1) is 21.8. The van der Waals surface area contributed by atoms with E-state index < -0.39 is 15.9 Å². The molecule has 3 aromatic rings. The Balaban J connectivity index is 1.73. The molecule has 0 saturated heterocycles. The minimum Gasteiger partial charge on any atom is -0.478 e. The van der Waals surface area contributed by atoms with Crippen LogP contribution in [0.5, 0.6) is 5.88 Å². The van der Waals surface area contributed by atoms with Gasteiger partial charge in [-0.25, -0.2) is 13.4 Å². The molecule has 2 aromatic carbocycles. The van der Waals surface area contributed by atoms with Crippen molar-refractivity contribution < 1.29 is 17.9 Å². The number of nitrogens with one attached hydrogen (secondary N) is 2. The highest BCUT2D eigenvalue weighted by Crippen LogP contribution is 2.20. The van der Waals surface area contributed by atoms with Gasteiger partial charge < -0.3 is 10.1 Å². The second-order valence-electron chi connectivity index (χ2n) is 6.22. The molecule has 30 heavy (non-hydrogen) atoms. The first-order chi connectivity index (χ1) is 14.4. The van der Waals surface area contributed by atoms with Crippen molar-refractivity contribution in [1.82, 2.24) is 10.3 Å². The van der Waals surface area contributed by atoms with Crippen LogP contribution >= 0.6 is 15.9 Å². The summed E-state index contributed by atoms with van der Waals surface area (Å²) in [7, 11) is -3.84. The van der Waals surface area contributed by atoms with E-state index >= 15 is 0 Å². The second-order valence-corrected chi connectivity index (χ2v) is 8.82. The maximum absolute atomic E-state index is 12.7. The third-order valence-corrected chi connectivity index (χ3v) is 5.98. The van der Waals surface area contributed by atoms with Crippen molar-refractivity contribution in [2.75, 3.05) is 11.3 Å². The third-order valence-electron chi connectivity index (χ3n) is 4.07. The number of anilines is 1. The van der Waals surface area contributed by atoms with E-state index in [1.54, 1.807) is 48.7 Å². The van der Waals surface area contributed by atoms with Crippen LogP contribution in [-0.2, 0) is 16.6 Å². The predicted molar refractivity (Wildman–Crippen MR) is 118 cm³/mol. The zero-order chi connectivity index (χ0) is 21.6. The Morgan fingerprint density at radius 2 is 1.87 bits per heavy atom. The standard InChI is InChI=1S/C21H20BrN3O4S/c1-2-29-21-16(6-4-12-23-21)14-24-20(26)15-5-3-7-19(13-15)30(27,28)25-18-10-8-17(22)9-11-18/h3-13,25H,2,14H2,1H3,(H,24,26). The van der Waals surface area contributed by atoms with Crippen molar-refractivity contribution in [1.29, 1.82) is 0 Å². The highest BCUT2D eigenvalue weighted by atomic mass is 79.9. The molecule has 156 valence electrons. The number of sulfonamides is 1. The largest absolute Gasteiger partial charge is 0.478 e. The fourth-order valence-electron chi connectivity index (χ4n) is 2.64. The van der Waals surface area contributed by atoms with Crippen molar-refractivity contribution in [2.45, 2.75) is 18.4 Å². The number of amides is 1. The molecule has 7 nitrogen and oxygen atoms in total. The first-order valence-electron chi connectivity index (χ1n) is 9.12. The molecule has 0 atom stereocenters. The van der Waals surface area contributed by atoms with Gasteiger partial charge in [-0.05, 0) is 55.5 Å². The summed E-state index contributed by atoms with van der Waals surface area (Å²) >= 11 is 3.31. The van der Waals surface area contributed by atoms with Crippen LogP contribution in [0.2, 0.25) is 0 Å². The molecule has 9 heteroatoms. The summed E-state index contributed by atoms with van der Waals surface area (Å²) in [5.41, 5.74) is 1.39. The van der Waals surface area contributed by atoms with Crippen LogP contribution in [0.4, 0.5) is 5.69 Å². The van der Waals surface area contributed by atoms with Gasteiger partial charge in [0, 0.05) is 34.0 Å². The van der Waals surface area contributed by atoms with Gasteiger partial charge in [0.15, 0.2) is 0 Å². The maximum Gasteiger partial charge on any atom is 0.261 e. The number of rotatable bonds is 8. The van der Waals surface area contributed by atoms with Gasteiger partial charge in [-0.1, -0.05) is 28.1 Å². The van der Waals surface area contributed by atoms with Gasteiger partial charge in [0.25, 0.3) is 15.9 Å². The van der Waals surface area contributed by atoms with Crippen LogP contribution in [-0.4, -0.2) is 25.9 Å². The Morgan fingerprint density at radius 3 is 2.60 bits per heavy atom. The summed E-state index contributed by atoms with van der Waals surface area (Å²) in [6.07, 6.45) is 1.61. The van der Waals surface area contributed by atoms with Crippen LogP contribution < -0.4 is 14.8 Å². The van der Waals surface area contributed by atoms with E-state index in [9.17, 15) is 13.2 Å². The summed E-state index contributed by atoms with van der Waals surface area (Å²) < 4.78 is 34.1. The Kier molecular flexibility index (Phi) is 7.07. The number of hydrogen-bond acceptors (Lipinski definition) is 5. The zero-order valence-corrected chi connectivity index (χ0v) is 18.5. The van der Waals surface area contributed by atoms with Gasteiger partial charge in [0.2, 0.25) is 5.88 Å². The minimum absolute atomic E-state index is 0.00514. The van der Waals surface area contributed by atoms with E-state index in [-0.39, 0.29) is 17.0 Å². The molecule has 1 aromatic heterocycles. The Labute approximate surface area is 183 Å². The van der Waals surface area contributed by atoms with Gasteiger partial charge in [-0.15, -0.1) is 0 Å². The number of pyridine rings is 1. The fourth-order valence-corrected chi connectivity index (χ4v) is 4.01. The summed E-state index contributed by atoms with van der Waals surface area (Å²) in [5, 5.41) is 2.77. The quantitative estimate of drug-likeness (QED) is 0.498. The van der Waals surface area contributed by atoms with Crippen molar-refractivity contribution in [3.05, 3.63) is 82.5 Å². The van der Waals surface area contributed by atoms with E-state index in [0.29, 0.717) is 18.2 Å². The Hall–Kier alpha value is -2.91. The number of benzene rings is 2. The van der Waals surface area contributed by atoms with Crippen LogP contribution in [0.25, 0.3) is 0 Å². The smallest absolute Gasteiger partial charge is 0.261 e. The third kappa shape index (κ3) is 5.58. The average molecular weight is 490 g/mol. The number of carbonyl (C=O) groups is 1. The zero-order valence-electron chi connectivity index (χ0n) is 16.1. The Bertz CT molecular complexity index is 1130. The molecule has 0 fully saturated rings. The molecule has 1 heterocycles. The molecule has 0 unspecified atom stereocenters. The molecule has 0 spiro atoms.